The van der Waals surface area contributed by atoms with E-state index < -0.39 is 10.0 Å². The third-order valence-electron chi connectivity index (χ3n) is 3.13. The van der Waals surface area contributed by atoms with Crippen molar-refractivity contribution in [1.82, 2.24) is 4.31 Å². The van der Waals surface area contributed by atoms with E-state index in [1.807, 2.05) is 18.2 Å². The first kappa shape index (κ1) is 13.1. The zero-order valence-electron chi connectivity index (χ0n) is 9.55. The summed E-state index contributed by atoms with van der Waals surface area (Å²) in [5, 5.41) is 0. The van der Waals surface area contributed by atoms with E-state index in [4.69, 9.17) is 0 Å². The van der Waals surface area contributed by atoms with Crippen LogP contribution in [0.25, 0.3) is 0 Å². The minimum Gasteiger partial charge on any atom is -0.211 e. The number of benzene rings is 1. The molecule has 5 heteroatoms. The van der Waals surface area contributed by atoms with Crippen LogP contribution >= 0.6 is 15.9 Å². The second kappa shape index (κ2) is 5.50. The number of sulfonamides is 1. The van der Waals surface area contributed by atoms with E-state index in [9.17, 15) is 8.42 Å². The third kappa shape index (κ3) is 3.09. The Hall–Kier alpha value is -0.390. The molecule has 1 aromatic carbocycles. The lowest BCUT2D eigenvalue weighted by atomic mass is 10.1. The molecule has 2 rings (SSSR count). The highest BCUT2D eigenvalue weighted by Crippen LogP contribution is 2.25. The fraction of sp³-hybridized carbons (Fsp3) is 0.500. The maximum Gasteiger partial charge on any atom is 0.224 e. The maximum absolute atomic E-state index is 11.9. The molecule has 0 bridgehead atoms. The molecule has 94 valence electrons. The average molecular weight is 318 g/mol. The van der Waals surface area contributed by atoms with Gasteiger partial charge in [0.15, 0.2) is 0 Å². The largest absolute Gasteiger partial charge is 0.224 e. The third-order valence-corrected chi connectivity index (χ3v) is 6.34. The van der Waals surface area contributed by atoms with Crippen LogP contribution in [0.4, 0.5) is 0 Å². The van der Waals surface area contributed by atoms with Gasteiger partial charge in [-0.3, -0.25) is 0 Å². The van der Waals surface area contributed by atoms with Crippen molar-refractivity contribution in [2.75, 3.05) is 11.2 Å². The lowest BCUT2D eigenvalue weighted by Gasteiger charge is -2.23. The summed E-state index contributed by atoms with van der Waals surface area (Å²) in [6.45, 7) is 0.658. The van der Waals surface area contributed by atoms with Crippen LogP contribution in [-0.2, 0) is 16.4 Å². The van der Waals surface area contributed by atoms with Crippen molar-refractivity contribution in [2.45, 2.75) is 25.3 Å². The molecule has 1 atom stereocenters. The van der Waals surface area contributed by atoms with Gasteiger partial charge in [-0.25, -0.2) is 8.42 Å². The topological polar surface area (TPSA) is 37.4 Å². The Labute approximate surface area is 111 Å². The monoisotopic (exact) mass is 317 g/mol. The zero-order chi connectivity index (χ0) is 12.3. The number of alkyl halides is 1. The number of hydrogen-bond donors (Lipinski definition) is 0. The molecule has 1 aliphatic rings. The zero-order valence-corrected chi connectivity index (χ0v) is 12.0. The van der Waals surface area contributed by atoms with Crippen LogP contribution in [0, 0.1) is 0 Å². The molecule has 3 nitrogen and oxygen atoms in total. The average Bonchev–Trinajstić information content (AvgIpc) is 2.79. The van der Waals surface area contributed by atoms with Crippen molar-refractivity contribution in [2.24, 2.45) is 0 Å². The van der Waals surface area contributed by atoms with Gasteiger partial charge in [0.2, 0.25) is 10.0 Å². The van der Waals surface area contributed by atoms with Gasteiger partial charge in [0.25, 0.3) is 0 Å². The molecule has 0 N–H and O–H groups in total. The van der Waals surface area contributed by atoms with Gasteiger partial charge in [0, 0.05) is 12.6 Å². The molecule has 17 heavy (non-hydrogen) atoms. The minimum atomic E-state index is -3.12. The first-order chi connectivity index (χ1) is 8.13. The molecule has 1 aliphatic heterocycles. The van der Waals surface area contributed by atoms with Gasteiger partial charge in [0.1, 0.15) is 4.66 Å². The van der Waals surface area contributed by atoms with Crippen molar-refractivity contribution < 1.29 is 8.42 Å². The second-order valence-corrected chi connectivity index (χ2v) is 7.54. The fourth-order valence-electron chi connectivity index (χ4n) is 2.33. The first-order valence-electron chi connectivity index (χ1n) is 5.73. The molecule has 1 saturated heterocycles. The summed E-state index contributed by atoms with van der Waals surface area (Å²) in [5.41, 5.74) is 1.20. The Morgan fingerprint density at radius 1 is 1.29 bits per heavy atom. The number of hydrogen-bond acceptors (Lipinski definition) is 2. The summed E-state index contributed by atoms with van der Waals surface area (Å²) in [5.74, 6) is 0. The van der Waals surface area contributed by atoms with Crippen molar-refractivity contribution in [3.63, 3.8) is 0 Å². The summed E-state index contributed by atoms with van der Waals surface area (Å²) in [6, 6.07) is 10.2. The number of nitrogens with zero attached hydrogens (tertiary/aromatic N) is 1. The van der Waals surface area contributed by atoms with Crippen LogP contribution in [0.2, 0.25) is 0 Å². The highest BCUT2D eigenvalue weighted by Gasteiger charge is 2.33. The highest BCUT2D eigenvalue weighted by atomic mass is 79.9. The van der Waals surface area contributed by atoms with E-state index in [0.29, 0.717) is 6.54 Å². The quantitative estimate of drug-likeness (QED) is 0.799. The first-order valence-corrected chi connectivity index (χ1v) is 8.46. The Bertz CT molecular complexity index is 461. The molecular formula is C12H16BrNO2S. The van der Waals surface area contributed by atoms with Crippen LogP contribution in [-0.4, -0.2) is 30.0 Å². The molecule has 1 heterocycles. The Morgan fingerprint density at radius 2 is 2.00 bits per heavy atom. The standard InChI is InChI=1S/C12H16BrNO2S/c13-10-17(15,16)14-8-4-7-12(14)9-11-5-2-1-3-6-11/h1-3,5-6,12H,4,7-10H2/t12-/m1/s1. The fourth-order valence-corrected chi connectivity index (χ4v) is 4.28. The van der Waals surface area contributed by atoms with Crippen LogP contribution in [0.5, 0.6) is 0 Å². The van der Waals surface area contributed by atoms with Gasteiger partial charge in [-0.15, -0.1) is 0 Å². The second-order valence-electron chi connectivity index (χ2n) is 4.32. The Morgan fingerprint density at radius 3 is 2.65 bits per heavy atom. The summed E-state index contributed by atoms with van der Waals surface area (Å²) < 4.78 is 25.4. The van der Waals surface area contributed by atoms with E-state index in [2.05, 4.69) is 28.1 Å². The van der Waals surface area contributed by atoms with Gasteiger partial charge >= 0.3 is 0 Å². The van der Waals surface area contributed by atoms with Crippen molar-refractivity contribution >= 4 is 26.0 Å². The predicted octanol–water partition coefficient (Wildman–Crippen LogP) is 2.38. The number of halogens is 1. The normalized spacial score (nSPS) is 21.8. The molecule has 0 aliphatic carbocycles. The van der Waals surface area contributed by atoms with E-state index >= 15 is 0 Å². The molecule has 0 spiro atoms. The maximum atomic E-state index is 11.9. The van der Waals surface area contributed by atoms with Gasteiger partial charge in [-0.05, 0) is 24.8 Å². The molecule has 0 saturated carbocycles. The summed E-state index contributed by atoms with van der Waals surface area (Å²) in [7, 11) is -3.12. The predicted molar refractivity (Wildman–Crippen MR) is 72.6 cm³/mol. The van der Waals surface area contributed by atoms with Crippen LogP contribution < -0.4 is 0 Å². The molecule has 0 aromatic heterocycles. The molecule has 1 fully saturated rings. The van der Waals surface area contributed by atoms with E-state index in [1.165, 1.54) is 5.56 Å². The van der Waals surface area contributed by atoms with Crippen LogP contribution in [0.3, 0.4) is 0 Å². The smallest absolute Gasteiger partial charge is 0.211 e. The lowest BCUT2D eigenvalue weighted by molar-refractivity contribution is 0.388. The Balaban J connectivity index is 2.11. The molecule has 0 radical (unpaired) electrons. The lowest BCUT2D eigenvalue weighted by Crippen LogP contribution is -2.37. The van der Waals surface area contributed by atoms with E-state index in [0.717, 1.165) is 19.3 Å². The SMILES string of the molecule is O=S(=O)(CBr)N1CCC[C@@H]1Cc1ccccc1. The van der Waals surface area contributed by atoms with Crippen LogP contribution in [0.15, 0.2) is 30.3 Å². The molecule has 0 amide bonds. The summed E-state index contributed by atoms with van der Waals surface area (Å²) in [4.78, 5) is 0. The van der Waals surface area contributed by atoms with Gasteiger partial charge in [-0.1, -0.05) is 46.3 Å². The van der Waals surface area contributed by atoms with Crippen molar-refractivity contribution in [3.05, 3.63) is 35.9 Å². The molecule has 0 unspecified atom stereocenters. The molecule has 1 aromatic rings. The summed E-state index contributed by atoms with van der Waals surface area (Å²) >= 11 is 3.06. The van der Waals surface area contributed by atoms with Crippen molar-refractivity contribution in [3.8, 4) is 0 Å². The molecular weight excluding hydrogens is 302 g/mol. The van der Waals surface area contributed by atoms with Gasteiger partial charge in [0.05, 0.1) is 0 Å². The highest BCUT2D eigenvalue weighted by molar-refractivity contribution is 9.10. The van der Waals surface area contributed by atoms with Crippen molar-refractivity contribution in [1.29, 1.82) is 0 Å². The van der Waals surface area contributed by atoms with Gasteiger partial charge < -0.3 is 0 Å². The number of rotatable bonds is 4. The Kier molecular flexibility index (Phi) is 4.22. The van der Waals surface area contributed by atoms with Crippen LogP contribution in [0.1, 0.15) is 18.4 Å². The summed E-state index contributed by atoms with van der Waals surface area (Å²) in [6.07, 6.45) is 2.73. The van der Waals surface area contributed by atoms with E-state index in [-0.39, 0.29) is 10.7 Å². The van der Waals surface area contributed by atoms with Gasteiger partial charge in [-0.2, -0.15) is 4.31 Å². The van der Waals surface area contributed by atoms with E-state index in [1.54, 1.807) is 4.31 Å². The minimum absolute atomic E-state index is 0.0191.